The average Bonchev–Trinajstić information content (AvgIpc) is 2.69. The second-order valence-electron chi connectivity index (χ2n) is 4.02. The zero-order chi connectivity index (χ0) is 11.8. The topological polar surface area (TPSA) is 46.3 Å². The number of hydrogen-bond acceptors (Lipinski definition) is 3. The van der Waals surface area contributed by atoms with Crippen molar-refractivity contribution in [2.24, 2.45) is 0 Å². The second-order valence-corrected chi connectivity index (χ2v) is 4.02. The van der Waals surface area contributed by atoms with Gasteiger partial charge in [0.15, 0.2) is 17.1 Å². The van der Waals surface area contributed by atoms with Crippen molar-refractivity contribution in [3.05, 3.63) is 48.3 Å². The second kappa shape index (κ2) is 3.63. The minimum Gasteiger partial charge on any atom is -0.504 e. The molecule has 3 nitrogen and oxygen atoms in total. The van der Waals surface area contributed by atoms with Crippen LogP contribution < -0.4 is 0 Å². The molecule has 2 heterocycles. The normalized spacial score (nSPS) is 10.9. The molecule has 0 fully saturated rings. The molecule has 0 atom stereocenters. The molecule has 17 heavy (non-hydrogen) atoms. The maximum Gasteiger partial charge on any atom is 0.177 e. The summed E-state index contributed by atoms with van der Waals surface area (Å²) in [5.41, 5.74) is 2.64. The fourth-order valence-electron chi connectivity index (χ4n) is 1.84. The Bertz CT molecular complexity index is 668. The van der Waals surface area contributed by atoms with E-state index >= 15 is 0 Å². The molecule has 0 bridgehead atoms. The van der Waals surface area contributed by atoms with Crippen LogP contribution in [0.3, 0.4) is 0 Å². The van der Waals surface area contributed by atoms with E-state index in [0.717, 1.165) is 5.56 Å². The third-order valence-electron chi connectivity index (χ3n) is 2.78. The molecule has 1 N–H and O–H groups in total. The van der Waals surface area contributed by atoms with E-state index in [0.29, 0.717) is 16.7 Å². The van der Waals surface area contributed by atoms with Crippen molar-refractivity contribution in [2.45, 2.75) is 6.92 Å². The lowest BCUT2D eigenvalue weighted by Gasteiger charge is -1.98. The average molecular weight is 225 g/mol. The number of aromatic nitrogens is 1. The minimum absolute atomic E-state index is 0.172. The highest BCUT2D eigenvalue weighted by Gasteiger charge is 2.14. The van der Waals surface area contributed by atoms with Gasteiger partial charge in [0.2, 0.25) is 0 Å². The van der Waals surface area contributed by atoms with Crippen molar-refractivity contribution < 1.29 is 9.52 Å². The number of pyridine rings is 1. The predicted octanol–water partition coefficient (Wildman–Crippen LogP) is 3.51. The smallest absolute Gasteiger partial charge is 0.177 e. The van der Waals surface area contributed by atoms with Crippen molar-refractivity contribution in [1.82, 2.24) is 4.98 Å². The molecule has 0 radical (unpaired) electrons. The van der Waals surface area contributed by atoms with Crippen LogP contribution in [0.1, 0.15) is 5.56 Å². The summed E-state index contributed by atoms with van der Waals surface area (Å²) in [6, 6.07) is 9.58. The highest BCUT2D eigenvalue weighted by molar-refractivity contribution is 5.90. The lowest BCUT2D eigenvalue weighted by atomic mass is 10.1. The van der Waals surface area contributed by atoms with E-state index < -0.39 is 0 Å². The number of nitrogens with zero attached hydrogens (tertiary/aromatic N) is 1. The zero-order valence-corrected chi connectivity index (χ0v) is 9.34. The van der Waals surface area contributed by atoms with Gasteiger partial charge in [0, 0.05) is 11.8 Å². The summed E-state index contributed by atoms with van der Waals surface area (Å²) < 4.78 is 5.61. The van der Waals surface area contributed by atoms with E-state index in [2.05, 4.69) is 4.98 Å². The molecule has 0 saturated heterocycles. The Kier molecular flexibility index (Phi) is 2.11. The first-order valence-electron chi connectivity index (χ1n) is 5.38. The summed E-state index contributed by atoms with van der Waals surface area (Å²) in [6.07, 6.45) is 3.24. The number of aryl methyl sites for hydroxylation is 1. The van der Waals surface area contributed by atoms with E-state index in [1.165, 1.54) is 5.56 Å². The first kappa shape index (κ1) is 9.90. The number of aromatic hydroxyl groups is 1. The van der Waals surface area contributed by atoms with E-state index in [1.807, 2.05) is 31.2 Å². The molecule has 1 aromatic carbocycles. The molecule has 0 aliphatic rings. The van der Waals surface area contributed by atoms with E-state index in [4.69, 9.17) is 4.42 Å². The van der Waals surface area contributed by atoms with Gasteiger partial charge in [0.05, 0.1) is 11.6 Å². The Morgan fingerprint density at radius 2 is 1.88 bits per heavy atom. The Morgan fingerprint density at radius 1 is 1.12 bits per heavy atom. The predicted molar refractivity (Wildman–Crippen MR) is 65.8 cm³/mol. The molecule has 0 amide bonds. The molecular formula is C14H11NO2. The molecule has 3 rings (SSSR count). The van der Waals surface area contributed by atoms with Crippen LogP contribution in [0.5, 0.6) is 5.75 Å². The fraction of sp³-hybridized carbons (Fsp3) is 0.0714. The summed E-state index contributed by atoms with van der Waals surface area (Å²) >= 11 is 0. The minimum atomic E-state index is 0.172. The van der Waals surface area contributed by atoms with Crippen LogP contribution >= 0.6 is 0 Å². The Labute approximate surface area is 98.3 Å². The summed E-state index contributed by atoms with van der Waals surface area (Å²) in [5, 5.41) is 10.8. The maximum atomic E-state index is 10.1. The van der Waals surface area contributed by atoms with Gasteiger partial charge < -0.3 is 9.52 Å². The molecule has 3 heteroatoms. The molecule has 2 aromatic heterocycles. The third kappa shape index (κ3) is 1.56. The van der Waals surface area contributed by atoms with Gasteiger partial charge in [-0.1, -0.05) is 29.8 Å². The van der Waals surface area contributed by atoms with Crippen molar-refractivity contribution in [1.29, 1.82) is 0 Å². The number of fused-ring (bicyclic) bond motifs is 1. The summed E-state index contributed by atoms with van der Waals surface area (Å²) in [5.74, 6) is 0.666. The van der Waals surface area contributed by atoms with Crippen LogP contribution in [0.25, 0.3) is 22.3 Å². The van der Waals surface area contributed by atoms with E-state index in [9.17, 15) is 5.11 Å². The van der Waals surface area contributed by atoms with Crippen molar-refractivity contribution in [3.8, 4) is 17.1 Å². The van der Waals surface area contributed by atoms with Crippen LogP contribution in [-0.2, 0) is 0 Å². The molecular weight excluding hydrogens is 214 g/mol. The molecule has 0 aliphatic heterocycles. The SMILES string of the molecule is Cc1ccc(-c2oc3cnccc3c2O)cc1. The molecule has 84 valence electrons. The monoisotopic (exact) mass is 225 g/mol. The molecule has 0 spiro atoms. The molecule has 0 saturated carbocycles. The standard InChI is InChI=1S/C14H11NO2/c1-9-2-4-10(5-3-9)14-13(16)11-6-7-15-8-12(11)17-14/h2-8,16H,1H3. The largest absolute Gasteiger partial charge is 0.504 e. The number of rotatable bonds is 1. The lowest BCUT2D eigenvalue weighted by Crippen LogP contribution is -1.75. The fourth-order valence-corrected chi connectivity index (χ4v) is 1.84. The Morgan fingerprint density at radius 3 is 2.59 bits per heavy atom. The van der Waals surface area contributed by atoms with Crippen LogP contribution in [-0.4, -0.2) is 10.1 Å². The van der Waals surface area contributed by atoms with Crippen molar-refractivity contribution in [3.63, 3.8) is 0 Å². The van der Waals surface area contributed by atoms with Crippen LogP contribution in [0.4, 0.5) is 0 Å². The Balaban J connectivity index is 2.24. The van der Waals surface area contributed by atoms with Crippen LogP contribution in [0.2, 0.25) is 0 Å². The number of furan rings is 1. The number of hydrogen-bond donors (Lipinski definition) is 1. The van der Waals surface area contributed by atoms with Gasteiger partial charge in [0.25, 0.3) is 0 Å². The first-order chi connectivity index (χ1) is 8.25. The Hall–Kier alpha value is -2.29. The van der Waals surface area contributed by atoms with E-state index in [1.54, 1.807) is 18.5 Å². The zero-order valence-electron chi connectivity index (χ0n) is 9.34. The van der Waals surface area contributed by atoms with Gasteiger partial charge in [-0.15, -0.1) is 0 Å². The lowest BCUT2D eigenvalue weighted by molar-refractivity contribution is 0.470. The van der Waals surface area contributed by atoms with Gasteiger partial charge in [-0.05, 0) is 13.0 Å². The summed E-state index contributed by atoms with van der Waals surface area (Å²) in [4.78, 5) is 3.97. The molecule has 0 aliphatic carbocycles. The maximum absolute atomic E-state index is 10.1. The summed E-state index contributed by atoms with van der Waals surface area (Å²) in [6.45, 7) is 2.02. The van der Waals surface area contributed by atoms with Crippen LogP contribution in [0.15, 0.2) is 47.1 Å². The van der Waals surface area contributed by atoms with Crippen molar-refractivity contribution >= 4 is 11.0 Å². The van der Waals surface area contributed by atoms with Gasteiger partial charge in [-0.3, -0.25) is 4.98 Å². The highest BCUT2D eigenvalue weighted by Crippen LogP contribution is 2.38. The number of benzene rings is 1. The van der Waals surface area contributed by atoms with Gasteiger partial charge in [0.1, 0.15) is 0 Å². The highest BCUT2D eigenvalue weighted by atomic mass is 16.4. The van der Waals surface area contributed by atoms with E-state index in [-0.39, 0.29) is 5.75 Å². The van der Waals surface area contributed by atoms with Gasteiger partial charge in [-0.2, -0.15) is 0 Å². The van der Waals surface area contributed by atoms with Crippen LogP contribution in [0, 0.1) is 6.92 Å². The molecule has 3 aromatic rings. The van der Waals surface area contributed by atoms with Crippen molar-refractivity contribution in [2.75, 3.05) is 0 Å². The summed E-state index contributed by atoms with van der Waals surface area (Å²) in [7, 11) is 0. The van der Waals surface area contributed by atoms with Gasteiger partial charge >= 0.3 is 0 Å². The third-order valence-corrected chi connectivity index (χ3v) is 2.78. The first-order valence-corrected chi connectivity index (χ1v) is 5.38. The molecule has 0 unspecified atom stereocenters. The quantitative estimate of drug-likeness (QED) is 0.689. The van der Waals surface area contributed by atoms with Gasteiger partial charge in [-0.25, -0.2) is 0 Å².